The Hall–Kier alpha value is -0.570. The molecule has 2 rings (SSSR count). The molecule has 0 bridgehead atoms. The van der Waals surface area contributed by atoms with Crippen LogP contribution >= 0.6 is 22.9 Å². The number of benzene rings is 1. The van der Waals surface area contributed by atoms with Crippen LogP contribution in [-0.4, -0.2) is 0 Å². The van der Waals surface area contributed by atoms with Crippen LogP contribution in [0.25, 0.3) is 10.1 Å². The summed E-state index contributed by atoms with van der Waals surface area (Å²) in [6.45, 7) is 0.542. The number of hydrogen-bond acceptors (Lipinski definition) is 2. The van der Waals surface area contributed by atoms with E-state index < -0.39 is 0 Å². The third kappa shape index (κ3) is 1.70. The average molecular weight is 212 g/mol. The lowest BCUT2D eigenvalue weighted by atomic mass is 10.2. The summed E-state index contributed by atoms with van der Waals surface area (Å²) in [5.74, 6) is 0. The summed E-state index contributed by atoms with van der Waals surface area (Å²) in [7, 11) is 3.36. The summed E-state index contributed by atoms with van der Waals surface area (Å²) in [5.41, 5.74) is 1.15. The minimum atomic E-state index is 0.542. The quantitative estimate of drug-likeness (QED) is 0.733. The predicted molar refractivity (Wildman–Crippen MR) is 57.0 cm³/mol. The molecule has 0 N–H and O–H groups in total. The lowest BCUT2D eigenvalue weighted by molar-refractivity contribution is 0.230. The summed E-state index contributed by atoms with van der Waals surface area (Å²) in [6.07, 6.45) is 0. The largest absolute Gasteiger partial charge is 0.374 e. The van der Waals surface area contributed by atoms with Crippen LogP contribution in [0.1, 0.15) is 5.56 Å². The zero-order chi connectivity index (χ0) is 9.26. The van der Waals surface area contributed by atoms with Gasteiger partial charge in [-0.3, -0.25) is 0 Å². The number of thiophene rings is 1. The zero-order valence-corrected chi connectivity index (χ0v) is 8.49. The fraction of sp³-hybridized carbons (Fsp3) is 0.100. The Morgan fingerprint density at radius 1 is 1.46 bits per heavy atom. The van der Waals surface area contributed by atoms with E-state index in [0.717, 1.165) is 10.6 Å². The van der Waals surface area contributed by atoms with E-state index in [1.54, 1.807) is 11.3 Å². The molecule has 1 heterocycles. The summed E-state index contributed by atoms with van der Waals surface area (Å²) >= 11 is 7.59. The summed E-state index contributed by atoms with van der Waals surface area (Å²) in [5, 5.41) is 4.00. The Balaban J connectivity index is 2.58. The van der Waals surface area contributed by atoms with E-state index in [4.69, 9.17) is 16.3 Å². The molecule has 0 spiro atoms. The van der Waals surface area contributed by atoms with Crippen molar-refractivity contribution in [2.45, 2.75) is 6.61 Å². The Morgan fingerprint density at radius 2 is 2.31 bits per heavy atom. The summed E-state index contributed by atoms with van der Waals surface area (Å²) in [4.78, 5) is 0. The molecule has 67 valence electrons. The van der Waals surface area contributed by atoms with E-state index in [2.05, 4.69) is 12.5 Å². The first-order valence-corrected chi connectivity index (χ1v) is 5.09. The Morgan fingerprint density at radius 3 is 3.08 bits per heavy atom. The van der Waals surface area contributed by atoms with Gasteiger partial charge in [0.1, 0.15) is 0 Å². The molecule has 1 aromatic heterocycles. The first-order valence-electron chi connectivity index (χ1n) is 3.84. The second-order valence-corrected chi connectivity index (χ2v) is 4.10. The van der Waals surface area contributed by atoms with Gasteiger partial charge in [-0.1, -0.05) is 11.6 Å². The first-order chi connectivity index (χ1) is 6.31. The molecule has 1 aromatic carbocycles. The highest BCUT2D eigenvalue weighted by atomic mass is 35.5. The predicted octanol–water partition coefficient (Wildman–Crippen LogP) is 3.86. The van der Waals surface area contributed by atoms with Gasteiger partial charge < -0.3 is 4.74 Å². The fourth-order valence-electron chi connectivity index (χ4n) is 1.28. The highest BCUT2D eigenvalue weighted by molar-refractivity contribution is 7.17. The Kier molecular flexibility index (Phi) is 2.54. The highest BCUT2D eigenvalue weighted by Crippen LogP contribution is 2.28. The number of ether oxygens (including phenoxy) is 1. The zero-order valence-electron chi connectivity index (χ0n) is 6.92. The second kappa shape index (κ2) is 3.66. The second-order valence-electron chi connectivity index (χ2n) is 2.75. The average Bonchev–Trinajstić information content (AvgIpc) is 2.49. The third-order valence-corrected chi connectivity index (χ3v) is 3.12. The van der Waals surface area contributed by atoms with Gasteiger partial charge in [0.25, 0.3) is 0 Å². The van der Waals surface area contributed by atoms with Crippen LogP contribution in [0.15, 0.2) is 23.6 Å². The van der Waals surface area contributed by atoms with Crippen LogP contribution in [0.2, 0.25) is 5.02 Å². The number of hydrogen-bond donors (Lipinski definition) is 0. The minimum Gasteiger partial charge on any atom is -0.374 e. The van der Waals surface area contributed by atoms with Gasteiger partial charge >= 0.3 is 0 Å². The van der Waals surface area contributed by atoms with E-state index in [9.17, 15) is 0 Å². The van der Waals surface area contributed by atoms with Crippen molar-refractivity contribution in [1.82, 2.24) is 0 Å². The molecule has 13 heavy (non-hydrogen) atoms. The Labute approximate surface area is 85.9 Å². The van der Waals surface area contributed by atoms with E-state index in [1.807, 2.05) is 18.2 Å². The number of halogens is 1. The van der Waals surface area contributed by atoms with Crippen molar-refractivity contribution in [2.75, 3.05) is 0 Å². The lowest BCUT2D eigenvalue weighted by Crippen LogP contribution is -1.82. The van der Waals surface area contributed by atoms with Gasteiger partial charge in [0.05, 0.1) is 13.7 Å². The van der Waals surface area contributed by atoms with Gasteiger partial charge in [-0.25, -0.2) is 0 Å². The van der Waals surface area contributed by atoms with Crippen molar-refractivity contribution in [2.24, 2.45) is 0 Å². The smallest absolute Gasteiger partial charge is 0.0732 e. The van der Waals surface area contributed by atoms with Crippen molar-refractivity contribution in [1.29, 1.82) is 0 Å². The molecule has 0 aliphatic heterocycles. The van der Waals surface area contributed by atoms with Crippen molar-refractivity contribution in [3.05, 3.63) is 41.3 Å². The molecular weight excluding hydrogens is 204 g/mol. The molecule has 0 saturated carbocycles. The monoisotopic (exact) mass is 211 g/mol. The molecule has 0 saturated heterocycles. The van der Waals surface area contributed by atoms with Crippen molar-refractivity contribution < 1.29 is 4.74 Å². The van der Waals surface area contributed by atoms with Gasteiger partial charge in [-0.05, 0) is 34.5 Å². The van der Waals surface area contributed by atoms with Crippen LogP contribution in [-0.2, 0) is 11.3 Å². The summed E-state index contributed by atoms with van der Waals surface area (Å²) < 4.78 is 6.08. The first kappa shape index (κ1) is 9.00. The van der Waals surface area contributed by atoms with Crippen LogP contribution in [0, 0.1) is 7.11 Å². The van der Waals surface area contributed by atoms with Gasteiger partial charge in [-0.15, -0.1) is 11.3 Å². The molecule has 0 fully saturated rings. The molecule has 3 heteroatoms. The van der Waals surface area contributed by atoms with Crippen LogP contribution in [0.5, 0.6) is 0 Å². The van der Waals surface area contributed by atoms with Gasteiger partial charge in [0.15, 0.2) is 0 Å². The Bertz CT molecular complexity index is 422. The van der Waals surface area contributed by atoms with E-state index in [0.29, 0.717) is 6.61 Å². The van der Waals surface area contributed by atoms with Crippen LogP contribution in [0.4, 0.5) is 0 Å². The molecule has 0 aliphatic rings. The van der Waals surface area contributed by atoms with E-state index in [1.165, 1.54) is 10.1 Å². The maximum absolute atomic E-state index is 5.90. The van der Waals surface area contributed by atoms with Crippen LogP contribution in [0.3, 0.4) is 0 Å². The van der Waals surface area contributed by atoms with Crippen LogP contribution < -0.4 is 0 Å². The van der Waals surface area contributed by atoms with Gasteiger partial charge in [0, 0.05) is 9.72 Å². The third-order valence-electron chi connectivity index (χ3n) is 1.87. The molecule has 0 atom stereocenters. The van der Waals surface area contributed by atoms with Gasteiger partial charge in [-0.2, -0.15) is 0 Å². The van der Waals surface area contributed by atoms with E-state index >= 15 is 0 Å². The molecule has 0 amide bonds. The molecule has 0 unspecified atom stereocenters. The molecule has 0 aliphatic carbocycles. The molecule has 2 aromatic rings. The number of fused-ring (bicyclic) bond motifs is 1. The van der Waals surface area contributed by atoms with Crippen molar-refractivity contribution >= 4 is 33.0 Å². The lowest BCUT2D eigenvalue weighted by Gasteiger charge is -1.96. The maximum Gasteiger partial charge on any atom is 0.0732 e. The van der Waals surface area contributed by atoms with Crippen molar-refractivity contribution in [3.63, 3.8) is 0 Å². The standard InChI is InChI=1S/C10H8ClOS/c1-12-5-7-6-13-10-3-2-8(11)4-9(7)10/h2-4,6H,1,5H2. The van der Waals surface area contributed by atoms with E-state index in [-0.39, 0.29) is 0 Å². The van der Waals surface area contributed by atoms with Gasteiger partial charge in [0.2, 0.25) is 0 Å². The molecule has 1 nitrogen and oxygen atoms in total. The molecule has 1 radical (unpaired) electrons. The normalized spacial score (nSPS) is 10.9. The fourth-order valence-corrected chi connectivity index (χ4v) is 2.38. The SMILES string of the molecule is [CH2]OCc1csc2ccc(Cl)cc12. The highest BCUT2D eigenvalue weighted by Gasteiger charge is 2.03. The topological polar surface area (TPSA) is 9.23 Å². The molecular formula is C10H8ClOS. The summed E-state index contributed by atoms with van der Waals surface area (Å²) in [6, 6.07) is 5.88. The maximum atomic E-state index is 5.90. The van der Waals surface area contributed by atoms with Crippen molar-refractivity contribution in [3.8, 4) is 0 Å². The minimum absolute atomic E-state index is 0.542. The number of rotatable bonds is 2.